The van der Waals surface area contributed by atoms with E-state index in [4.69, 9.17) is 4.74 Å². The molecule has 0 aliphatic carbocycles. The van der Waals surface area contributed by atoms with Gasteiger partial charge in [-0.25, -0.2) is 9.78 Å². The molecule has 2 aromatic heterocycles. The van der Waals surface area contributed by atoms with E-state index in [-0.39, 0.29) is 5.56 Å². The molecule has 0 saturated carbocycles. The SMILES string of the molecule is COc1cccc(Nc2nc3cc(C(=O)O)ccc3n3cccc23)c1. The van der Waals surface area contributed by atoms with Crippen molar-refractivity contribution in [1.82, 2.24) is 9.38 Å². The first-order valence-corrected chi connectivity index (χ1v) is 7.71. The van der Waals surface area contributed by atoms with Crippen LogP contribution in [-0.2, 0) is 0 Å². The Morgan fingerprint density at radius 2 is 2.00 bits per heavy atom. The van der Waals surface area contributed by atoms with Crippen molar-refractivity contribution in [3.63, 3.8) is 0 Å². The molecule has 25 heavy (non-hydrogen) atoms. The van der Waals surface area contributed by atoms with Crippen LogP contribution >= 0.6 is 0 Å². The minimum Gasteiger partial charge on any atom is -0.497 e. The summed E-state index contributed by atoms with van der Waals surface area (Å²) in [6.07, 6.45) is 1.93. The zero-order chi connectivity index (χ0) is 17.4. The van der Waals surface area contributed by atoms with Gasteiger partial charge in [-0.15, -0.1) is 0 Å². The molecule has 0 radical (unpaired) electrons. The van der Waals surface area contributed by atoms with Crippen molar-refractivity contribution < 1.29 is 14.6 Å². The Hall–Kier alpha value is -3.54. The van der Waals surface area contributed by atoms with Gasteiger partial charge in [0, 0.05) is 18.0 Å². The Bertz CT molecular complexity index is 1100. The van der Waals surface area contributed by atoms with E-state index in [2.05, 4.69) is 10.3 Å². The first-order chi connectivity index (χ1) is 12.2. The summed E-state index contributed by atoms with van der Waals surface area (Å²) in [5.41, 5.74) is 3.40. The van der Waals surface area contributed by atoms with Gasteiger partial charge in [-0.1, -0.05) is 6.07 Å². The average molecular weight is 333 g/mol. The van der Waals surface area contributed by atoms with Crippen LogP contribution in [0.1, 0.15) is 10.4 Å². The second-order valence-electron chi connectivity index (χ2n) is 5.59. The first-order valence-electron chi connectivity index (χ1n) is 7.71. The largest absolute Gasteiger partial charge is 0.497 e. The fourth-order valence-corrected chi connectivity index (χ4v) is 2.84. The summed E-state index contributed by atoms with van der Waals surface area (Å²) in [7, 11) is 1.62. The van der Waals surface area contributed by atoms with Crippen LogP contribution in [0.3, 0.4) is 0 Å². The maximum absolute atomic E-state index is 11.2. The van der Waals surface area contributed by atoms with Crippen LogP contribution in [-0.4, -0.2) is 27.6 Å². The lowest BCUT2D eigenvalue weighted by Gasteiger charge is -2.12. The van der Waals surface area contributed by atoms with Crippen molar-refractivity contribution in [2.24, 2.45) is 0 Å². The lowest BCUT2D eigenvalue weighted by molar-refractivity contribution is 0.0697. The number of benzene rings is 2. The zero-order valence-corrected chi connectivity index (χ0v) is 13.4. The highest BCUT2D eigenvalue weighted by Gasteiger charge is 2.11. The van der Waals surface area contributed by atoms with E-state index in [1.165, 1.54) is 0 Å². The summed E-state index contributed by atoms with van der Waals surface area (Å²) in [4.78, 5) is 15.9. The first kappa shape index (κ1) is 15.0. The summed E-state index contributed by atoms with van der Waals surface area (Å²) in [5.74, 6) is 0.414. The Morgan fingerprint density at radius 3 is 2.80 bits per heavy atom. The lowest BCUT2D eigenvalue weighted by atomic mass is 10.2. The third-order valence-electron chi connectivity index (χ3n) is 4.04. The maximum Gasteiger partial charge on any atom is 0.335 e. The summed E-state index contributed by atoms with van der Waals surface area (Å²) in [5, 5.41) is 12.5. The molecule has 0 atom stereocenters. The number of rotatable bonds is 4. The smallest absolute Gasteiger partial charge is 0.335 e. The van der Waals surface area contributed by atoms with E-state index in [1.54, 1.807) is 25.3 Å². The number of carboxylic acids is 1. The number of nitrogens with one attached hydrogen (secondary N) is 1. The van der Waals surface area contributed by atoms with E-state index in [0.29, 0.717) is 11.3 Å². The van der Waals surface area contributed by atoms with Gasteiger partial charge in [0.25, 0.3) is 0 Å². The molecular formula is C19H15N3O3. The van der Waals surface area contributed by atoms with Crippen molar-refractivity contribution >= 4 is 34.0 Å². The number of nitrogens with zero attached hydrogens (tertiary/aromatic N) is 2. The molecule has 0 amide bonds. The van der Waals surface area contributed by atoms with Crippen molar-refractivity contribution in [3.8, 4) is 5.75 Å². The third-order valence-corrected chi connectivity index (χ3v) is 4.04. The van der Waals surface area contributed by atoms with Crippen LogP contribution in [0.15, 0.2) is 60.8 Å². The number of aromatic nitrogens is 2. The van der Waals surface area contributed by atoms with Gasteiger partial charge in [0.15, 0.2) is 5.82 Å². The second kappa shape index (κ2) is 5.83. The molecule has 0 bridgehead atoms. The highest BCUT2D eigenvalue weighted by atomic mass is 16.5. The van der Waals surface area contributed by atoms with Crippen LogP contribution in [0.5, 0.6) is 5.75 Å². The summed E-state index contributed by atoms with van der Waals surface area (Å²) in [6, 6.07) is 16.4. The minimum absolute atomic E-state index is 0.207. The van der Waals surface area contributed by atoms with Crippen molar-refractivity contribution in [3.05, 3.63) is 66.4 Å². The number of ether oxygens (including phenoxy) is 1. The topological polar surface area (TPSA) is 75.9 Å². The molecule has 0 aliphatic heterocycles. The molecule has 6 heteroatoms. The van der Waals surface area contributed by atoms with Crippen molar-refractivity contribution in [2.45, 2.75) is 0 Å². The molecule has 0 unspecified atom stereocenters. The van der Waals surface area contributed by atoms with Crippen LogP contribution in [0, 0.1) is 0 Å². The van der Waals surface area contributed by atoms with E-state index >= 15 is 0 Å². The van der Waals surface area contributed by atoms with Gasteiger partial charge < -0.3 is 19.6 Å². The predicted octanol–water partition coefficient (Wildman–Crippen LogP) is 3.94. The van der Waals surface area contributed by atoms with E-state index in [1.807, 2.05) is 47.0 Å². The molecule has 6 nitrogen and oxygen atoms in total. The van der Waals surface area contributed by atoms with Gasteiger partial charge in [-0.3, -0.25) is 0 Å². The minimum atomic E-state index is -0.974. The number of fused-ring (bicyclic) bond motifs is 3. The number of carbonyl (C=O) groups is 1. The van der Waals surface area contributed by atoms with Gasteiger partial charge in [0.2, 0.25) is 0 Å². The maximum atomic E-state index is 11.2. The fraction of sp³-hybridized carbons (Fsp3) is 0.0526. The van der Waals surface area contributed by atoms with Crippen LogP contribution in [0.25, 0.3) is 16.6 Å². The average Bonchev–Trinajstić information content (AvgIpc) is 3.12. The quantitative estimate of drug-likeness (QED) is 0.592. The highest BCUT2D eigenvalue weighted by Crippen LogP contribution is 2.27. The Kier molecular flexibility index (Phi) is 3.50. The van der Waals surface area contributed by atoms with Crippen LogP contribution < -0.4 is 10.1 Å². The van der Waals surface area contributed by atoms with Gasteiger partial charge >= 0.3 is 5.97 Å². The summed E-state index contributed by atoms with van der Waals surface area (Å²) >= 11 is 0. The normalized spacial score (nSPS) is 10.9. The monoisotopic (exact) mass is 333 g/mol. The van der Waals surface area contributed by atoms with Gasteiger partial charge in [-0.05, 0) is 42.5 Å². The van der Waals surface area contributed by atoms with Crippen molar-refractivity contribution in [2.75, 3.05) is 12.4 Å². The third kappa shape index (κ3) is 2.63. The molecule has 2 heterocycles. The highest BCUT2D eigenvalue weighted by molar-refractivity contribution is 5.94. The van der Waals surface area contributed by atoms with E-state index in [0.717, 1.165) is 22.5 Å². The molecule has 0 saturated heterocycles. The Labute approximate surface area is 143 Å². The van der Waals surface area contributed by atoms with Gasteiger partial charge in [0.05, 0.1) is 29.2 Å². The van der Waals surface area contributed by atoms with Crippen LogP contribution in [0.2, 0.25) is 0 Å². The van der Waals surface area contributed by atoms with E-state index < -0.39 is 5.97 Å². The molecule has 4 rings (SSSR count). The molecule has 2 N–H and O–H groups in total. The predicted molar refractivity (Wildman–Crippen MR) is 95.9 cm³/mol. The number of carboxylic acid groups (broad SMARTS) is 1. The van der Waals surface area contributed by atoms with Crippen molar-refractivity contribution in [1.29, 1.82) is 0 Å². The number of aromatic carboxylic acids is 1. The van der Waals surface area contributed by atoms with Gasteiger partial charge in [-0.2, -0.15) is 0 Å². The number of hydrogen-bond acceptors (Lipinski definition) is 4. The standard InChI is InChI=1S/C19H15N3O3/c1-25-14-5-2-4-13(11-14)20-18-17-6-3-9-22(17)16-8-7-12(19(23)24)10-15(16)21-18/h2-11H,1H3,(H,20,21)(H,23,24). The van der Waals surface area contributed by atoms with E-state index in [9.17, 15) is 9.90 Å². The zero-order valence-electron chi connectivity index (χ0n) is 13.4. The number of anilines is 2. The molecule has 0 aliphatic rings. The molecule has 0 spiro atoms. The second-order valence-corrected chi connectivity index (χ2v) is 5.59. The lowest BCUT2D eigenvalue weighted by Crippen LogP contribution is -2.01. The molecule has 124 valence electrons. The van der Waals surface area contributed by atoms with Gasteiger partial charge in [0.1, 0.15) is 5.75 Å². The summed E-state index contributed by atoms with van der Waals surface area (Å²) < 4.78 is 7.23. The fourth-order valence-electron chi connectivity index (χ4n) is 2.84. The number of hydrogen-bond donors (Lipinski definition) is 2. The molecular weight excluding hydrogens is 318 g/mol. The number of methoxy groups -OCH3 is 1. The Balaban J connectivity index is 1.88. The van der Waals surface area contributed by atoms with Crippen LogP contribution in [0.4, 0.5) is 11.5 Å². The molecule has 0 fully saturated rings. The molecule has 4 aromatic rings. The summed E-state index contributed by atoms with van der Waals surface area (Å²) in [6.45, 7) is 0. The Morgan fingerprint density at radius 1 is 1.12 bits per heavy atom. The molecule has 2 aromatic carbocycles.